The molecule has 25 heavy (non-hydrogen) atoms. The van der Waals surface area contributed by atoms with Crippen LogP contribution in [0.5, 0.6) is 0 Å². The average Bonchev–Trinajstić information content (AvgIpc) is 3.02. The molecule has 1 aromatic carbocycles. The van der Waals surface area contributed by atoms with Crippen LogP contribution in [0.2, 0.25) is 0 Å². The first-order chi connectivity index (χ1) is 12.1. The van der Waals surface area contributed by atoms with Crippen LogP contribution in [0, 0.1) is 0 Å². The molecule has 134 valence electrons. The second-order valence-corrected chi connectivity index (χ2v) is 6.58. The van der Waals surface area contributed by atoms with Gasteiger partial charge in [-0.05, 0) is 18.9 Å². The van der Waals surface area contributed by atoms with Gasteiger partial charge in [0.15, 0.2) is 0 Å². The van der Waals surface area contributed by atoms with E-state index >= 15 is 0 Å². The number of aliphatic hydroxyl groups is 1. The summed E-state index contributed by atoms with van der Waals surface area (Å²) < 4.78 is 7.49. The van der Waals surface area contributed by atoms with Crippen molar-refractivity contribution >= 4 is 5.91 Å². The quantitative estimate of drug-likeness (QED) is 0.862. The standard InChI is InChI=1S/C19H25N3O3/c1-15(23)9-18-13-25-8-7-22(18)19(24)10-17-11-20-14-21(17)12-16-5-3-2-4-6-16/h2-6,11,14-15,18,23H,7-10,12-13H2,1H3/t15-,18-/m1/s1. The van der Waals surface area contributed by atoms with Gasteiger partial charge in [0.2, 0.25) is 5.91 Å². The van der Waals surface area contributed by atoms with E-state index in [1.54, 1.807) is 19.4 Å². The summed E-state index contributed by atoms with van der Waals surface area (Å²) in [4.78, 5) is 18.9. The van der Waals surface area contributed by atoms with Crippen LogP contribution < -0.4 is 0 Å². The maximum Gasteiger partial charge on any atom is 0.228 e. The Labute approximate surface area is 148 Å². The summed E-state index contributed by atoms with van der Waals surface area (Å²) in [6, 6.07) is 10.1. The molecule has 1 aliphatic rings. The molecule has 2 heterocycles. The highest BCUT2D eigenvalue weighted by atomic mass is 16.5. The normalized spacial score (nSPS) is 19.0. The van der Waals surface area contributed by atoms with E-state index in [4.69, 9.17) is 4.74 Å². The number of hydrogen-bond donors (Lipinski definition) is 1. The van der Waals surface area contributed by atoms with Crippen molar-refractivity contribution in [1.29, 1.82) is 0 Å². The molecular formula is C19H25N3O3. The van der Waals surface area contributed by atoms with Crippen molar-refractivity contribution in [2.75, 3.05) is 19.8 Å². The highest BCUT2D eigenvalue weighted by Gasteiger charge is 2.28. The predicted octanol–water partition coefficient (Wildman–Crippen LogP) is 1.47. The molecule has 6 nitrogen and oxygen atoms in total. The highest BCUT2D eigenvalue weighted by Crippen LogP contribution is 2.15. The minimum Gasteiger partial charge on any atom is -0.393 e. The van der Waals surface area contributed by atoms with Gasteiger partial charge >= 0.3 is 0 Å². The molecule has 0 aliphatic carbocycles. The Hall–Kier alpha value is -2.18. The molecule has 1 aromatic heterocycles. The molecule has 0 bridgehead atoms. The van der Waals surface area contributed by atoms with Crippen LogP contribution >= 0.6 is 0 Å². The molecule has 1 aliphatic heterocycles. The Morgan fingerprint density at radius 3 is 2.96 bits per heavy atom. The zero-order valence-corrected chi connectivity index (χ0v) is 14.5. The van der Waals surface area contributed by atoms with Gasteiger partial charge in [-0.2, -0.15) is 0 Å². The summed E-state index contributed by atoms with van der Waals surface area (Å²) in [5.41, 5.74) is 2.07. The molecule has 2 atom stereocenters. The lowest BCUT2D eigenvalue weighted by Crippen LogP contribution is -2.50. The van der Waals surface area contributed by atoms with Crippen LogP contribution in [-0.4, -0.2) is 57.4 Å². The van der Waals surface area contributed by atoms with Crippen molar-refractivity contribution in [3.63, 3.8) is 0 Å². The first kappa shape index (κ1) is 17.6. The fourth-order valence-electron chi connectivity index (χ4n) is 3.25. The molecule has 1 amide bonds. The largest absolute Gasteiger partial charge is 0.393 e. The number of amides is 1. The predicted molar refractivity (Wildman–Crippen MR) is 94.1 cm³/mol. The number of aliphatic hydroxyl groups excluding tert-OH is 1. The maximum absolute atomic E-state index is 12.8. The zero-order chi connectivity index (χ0) is 17.6. The Morgan fingerprint density at radius 2 is 2.20 bits per heavy atom. The van der Waals surface area contributed by atoms with E-state index in [1.165, 1.54) is 5.56 Å². The number of benzene rings is 1. The summed E-state index contributed by atoms with van der Waals surface area (Å²) in [6.45, 7) is 4.05. The molecule has 1 saturated heterocycles. The molecule has 1 N–H and O–H groups in total. The van der Waals surface area contributed by atoms with Crippen molar-refractivity contribution in [1.82, 2.24) is 14.5 Å². The average molecular weight is 343 g/mol. The lowest BCUT2D eigenvalue weighted by molar-refractivity contribution is -0.140. The van der Waals surface area contributed by atoms with Gasteiger partial charge in [0.1, 0.15) is 0 Å². The van der Waals surface area contributed by atoms with Gasteiger partial charge in [-0.1, -0.05) is 30.3 Å². The molecule has 0 unspecified atom stereocenters. The lowest BCUT2D eigenvalue weighted by Gasteiger charge is -2.36. The summed E-state index contributed by atoms with van der Waals surface area (Å²) in [7, 11) is 0. The second kappa shape index (κ2) is 8.27. The SMILES string of the molecule is C[C@@H](O)C[C@@H]1COCCN1C(=O)Cc1cncn1Cc1ccccc1. The minimum atomic E-state index is -0.453. The molecule has 1 fully saturated rings. The van der Waals surface area contributed by atoms with Gasteiger partial charge in [-0.3, -0.25) is 4.79 Å². The molecule has 3 rings (SSSR count). The van der Waals surface area contributed by atoms with Crippen LogP contribution in [0.3, 0.4) is 0 Å². The van der Waals surface area contributed by atoms with Crippen molar-refractivity contribution in [2.45, 2.75) is 38.5 Å². The van der Waals surface area contributed by atoms with Crippen LogP contribution in [0.25, 0.3) is 0 Å². The van der Waals surface area contributed by atoms with Gasteiger partial charge in [0.05, 0.1) is 38.1 Å². The number of aromatic nitrogens is 2. The highest BCUT2D eigenvalue weighted by molar-refractivity contribution is 5.78. The van der Waals surface area contributed by atoms with E-state index in [0.717, 1.165) is 5.69 Å². The maximum atomic E-state index is 12.8. The Morgan fingerprint density at radius 1 is 1.40 bits per heavy atom. The molecule has 0 saturated carbocycles. The molecular weight excluding hydrogens is 318 g/mol. The van der Waals surface area contributed by atoms with Crippen molar-refractivity contribution in [2.24, 2.45) is 0 Å². The van der Waals surface area contributed by atoms with Crippen LogP contribution in [0.1, 0.15) is 24.6 Å². The van der Waals surface area contributed by atoms with E-state index in [0.29, 0.717) is 39.1 Å². The van der Waals surface area contributed by atoms with E-state index < -0.39 is 6.10 Å². The van der Waals surface area contributed by atoms with Gasteiger partial charge in [-0.15, -0.1) is 0 Å². The van der Waals surface area contributed by atoms with E-state index in [2.05, 4.69) is 17.1 Å². The molecule has 6 heteroatoms. The Balaban J connectivity index is 1.67. The van der Waals surface area contributed by atoms with Crippen LogP contribution in [-0.2, 0) is 22.5 Å². The summed E-state index contributed by atoms with van der Waals surface area (Å²) in [5, 5.41) is 9.66. The Kier molecular flexibility index (Phi) is 5.83. The molecule has 0 radical (unpaired) electrons. The number of carbonyl (C=O) groups is 1. The monoisotopic (exact) mass is 343 g/mol. The van der Waals surface area contributed by atoms with Crippen molar-refractivity contribution in [3.05, 3.63) is 54.1 Å². The minimum absolute atomic E-state index is 0.0590. The number of rotatable bonds is 6. The van der Waals surface area contributed by atoms with Gasteiger partial charge < -0.3 is 19.3 Å². The number of ether oxygens (including phenoxy) is 1. The Bertz CT molecular complexity index is 684. The van der Waals surface area contributed by atoms with Gasteiger partial charge in [-0.25, -0.2) is 4.98 Å². The number of hydrogen-bond acceptors (Lipinski definition) is 4. The third kappa shape index (κ3) is 4.67. The second-order valence-electron chi connectivity index (χ2n) is 6.58. The first-order valence-electron chi connectivity index (χ1n) is 8.71. The van der Waals surface area contributed by atoms with Crippen molar-refractivity contribution in [3.8, 4) is 0 Å². The third-order valence-corrected chi connectivity index (χ3v) is 4.49. The van der Waals surface area contributed by atoms with Gasteiger partial charge in [0.25, 0.3) is 0 Å². The number of imidazole rings is 1. The summed E-state index contributed by atoms with van der Waals surface area (Å²) in [5.74, 6) is 0.0590. The summed E-state index contributed by atoms with van der Waals surface area (Å²) in [6.07, 6.45) is 3.91. The summed E-state index contributed by atoms with van der Waals surface area (Å²) >= 11 is 0. The molecule has 2 aromatic rings. The van der Waals surface area contributed by atoms with Gasteiger partial charge in [0, 0.05) is 25.0 Å². The fraction of sp³-hybridized carbons (Fsp3) is 0.474. The van der Waals surface area contributed by atoms with E-state index in [1.807, 2.05) is 27.7 Å². The van der Waals surface area contributed by atoms with Crippen molar-refractivity contribution < 1.29 is 14.6 Å². The van der Waals surface area contributed by atoms with E-state index in [-0.39, 0.29) is 11.9 Å². The van der Waals surface area contributed by atoms with E-state index in [9.17, 15) is 9.90 Å². The lowest BCUT2D eigenvalue weighted by atomic mass is 10.1. The number of carbonyl (C=O) groups excluding carboxylic acids is 1. The first-order valence-corrected chi connectivity index (χ1v) is 8.71. The topological polar surface area (TPSA) is 67.6 Å². The smallest absolute Gasteiger partial charge is 0.228 e. The van der Waals surface area contributed by atoms with Crippen LogP contribution in [0.15, 0.2) is 42.9 Å². The van der Waals surface area contributed by atoms with Crippen LogP contribution in [0.4, 0.5) is 0 Å². The number of nitrogens with zero attached hydrogens (tertiary/aromatic N) is 3. The fourth-order valence-corrected chi connectivity index (χ4v) is 3.25. The third-order valence-electron chi connectivity index (χ3n) is 4.49. The number of morpholine rings is 1. The zero-order valence-electron chi connectivity index (χ0n) is 14.5. The molecule has 0 spiro atoms.